The number of rotatable bonds is 5. The molecule has 1 N–H and O–H groups in total. The molecule has 0 radical (unpaired) electrons. The van der Waals surface area contributed by atoms with E-state index in [2.05, 4.69) is 22.0 Å². The SMILES string of the molecule is CC1CCC(NC(=O)[C@H]2CC2CN2CCN(c3csc4cc(C(F)(F)F)ccc34)CC2)CC1. The minimum Gasteiger partial charge on any atom is -0.368 e. The fourth-order valence-electron chi connectivity index (χ4n) is 5.42. The Hall–Kier alpha value is -1.80. The lowest BCUT2D eigenvalue weighted by Gasteiger charge is -2.36. The molecule has 2 saturated carbocycles. The van der Waals surface area contributed by atoms with E-state index in [1.165, 1.54) is 36.3 Å². The highest BCUT2D eigenvalue weighted by molar-refractivity contribution is 7.17. The Bertz CT molecular complexity index is 990. The Morgan fingerprint density at radius 2 is 1.85 bits per heavy atom. The number of piperazine rings is 1. The topological polar surface area (TPSA) is 35.6 Å². The zero-order chi connectivity index (χ0) is 23.2. The summed E-state index contributed by atoms with van der Waals surface area (Å²) in [5, 5.41) is 6.17. The van der Waals surface area contributed by atoms with Gasteiger partial charge in [0.25, 0.3) is 0 Å². The van der Waals surface area contributed by atoms with Crippen molar-refractivity contribution in [3.63, 3.8) is 0 Å². The number of hydrogen-bond donors (Lipinski definition) is 1. The lowest BCUT2D eigenvalue weighted by Crippen LogP contribution is -2.47. The Labute approximate surface area is 197 Å². The smallest absolute Gasteiger partial charge is 0.368 e. The first-order chi connectivity index (χ1) is 15.8. The second-order valence-electron chi connectivity index (χ2n) is 10.2. The van der Waals surface area contributed by atoms with Crippen molar-refractivity contribution in [3.05, 3.63) is 29.1 Å². The number of alkyl halides is 3. The van der Waals surface area contributed by atoms with E-state index in [0.29, 0.717) is 16.7 Å². The number of thiophene rings is 1. The van der Waals surface area contributed by atoms with Gasteiger partial charge in [-0.15, -0.1) is 11.3 Å². The van der Waals surface area contributed by atoms with Crippen LogP contribution in [0.1, 0.15) is 44.6 Å². The lowest BCUT2D eigenvalue weighted by atomic mass is 9.87. The van der Waals surface area contributed by atoms with E-state index in [1.54, 1.807) is 6.07 Å². The fourth-order valence-corrected chi connectivity index (χ4v) is 6.43. The Kier molecular flexibility index (Phi) is 6.33. The summed E-state index contributed by atoms with van der Waals surface area (Å²) < 4.78 is 39.7. The van der Waals surface area contributed by atoms with Crippen molar-refractivity contribution < 1.29 is 18.0 Å². The average Bonchev–Trinajstić information content (AvgIpc) is 3.43. The first-order valence-electron chi connectivity index (χ1n) is 12.1. The highest BCUT2D eigenvalue weighted by Crippen LogP contribution is 2.41. The molecule has 2 aliphatic carbocycles. The van der Waals surface area contributed by atoms with Crippen LogP contribution < -0.4 is 10.2 Å². The van der Waals surface area contributed by atoms with Crippen molar-refractivity contribution in [1.82, 2.24) is 10.2 Å². The molecule has 1 unspecified atom stereocenters. The summed E-state index contributed by atoms with van der Waals surface area (Å²) in [7, 11) is 0. The largest absolute Gasteiger partial charge is 0.416 e. The molecule has 2 heterocycles. The number of nitrogens with zero attached hydrogens (tertiary/aromatic N) is 2. The molecule has 2 atom stereocenters. The van der Waals surface area contributed by atoms with Crippen molar-refractivity contribution in [2.75, 3.05) is 37.6 Å². The highest BCUT2D eigenvalue weighted by Gasteiger charge is 2.44. The third-order valence-electron chi connectivity index (χ3n) is 7.71. The number of halogens is 3. The highest BCUT2D eigenvalue weighted by atomic mass is 32.1. The van der Waals surface area contributed by atoms with Crippen LogP contribution in [0.15, 0.2) is 23.6 Å². The molecule has 5 rings (SSSR count). The number of carbonyl (C=O) groups is 1. The maximum absolute atomic E-state index is 13.0. The second kappa shape index (κ2) is 9.10. The number of anilines is 1. The van der Waals surface area contributed by atoms with E-state index in [0.717, 1.165) is 69.0 Å². The summed E-state index contributed by atoms with van der Waals surface area (Å²) in [5.41, 5.74) is 0.447. The molecule has 33 heavy (non-hydrogen) atoms. The number of nitrogens with one attached hydrogen (secondary N) is 1. The van der Waals surface area contributed by atoms with Crippen LogP contribution in [-0.4, -0.2) is 49.6 Å². The van der Waals surface area contributed by atoms with Crippen LogP contribution in [0.25, 0.3) is 10.1 Å². The summed E-state index contributed by atoms with van der Waals surface area (Å²) >= 11 is 1.38. The van der Waals surface area contributed by atoms with E-state index in [4.69, 9.17) is 0 Å². The van der Waals surface area contributed by atoms with Gasteiger partial charge in [0.15, 0.2) is 0 Å². The average molecular weight is 480 g/mol. The molecular weight excluding hydrogens is 447 g/mol. The van der Waals surface area contributed by atoms with Crippen LogP contribution in [0.2, 0.25) is 0 Å². The number of hydrogen-bond acceptors (Lipinski definition) is 4. The van der Waals surface area contributed by atoms with Crippen LogP contribution in [0, 0.1) is 17.8 Å². The predicted molar refractivity (Wildman–Crippen MR) is 127 cm³/mol. The van der Waals surface area contributed by atoms with E-state index in [-0.39, 0.29) is 11.8 Å². The molecule has 1 aromatic heterocycles. The van der Waals surface area contributed by atoms with Gasteiger partial charge in [-0.3, -0.25) is 9.69 Å². The number of benzene rings is 1. The maximum Gasteiger partial charge on any atom is 0.416 e. The minimum absolute atomic E-state index is 0.172. The molecule has 1 aliphatic heterocycles. The molecule has 0 spiro atoms. The van der Waals surface area contributed by atoms with Crippen molar-refractivity contribution in [3.8, 4) is 0 Å². The molecule has 4 nitrogen and oxygen atoms in total. The third kappa shape index (κ3) is 5.16. The maximum atomic E-state index is 13.0. The number of fused-ring (bicyclic) bond motifs is 1. The molecule has 8 heteroatoms. The predicted octanol–water partition coefficient (Wildman–Crippen LogP) is 5.37. The van der Waals surface area contributed by atoms with Gasteiger partial charge in [-0.25, -0.2) is 0 Å². The van der Waals surface area contributed by atoms with Crippen LogP contribution in [0.3, 0.4) is 0 Å². The van der Waals surface area contributed by atoms with Gasteiger partial charge in [-0.1, -0.05) is 13.0 Å². The van der Waals surface area contributed by atoms with Crippen molar-refractivity contribution in [1.29, 1.82) is 0 Å². The van der Waals surface area contributed by atoms with Crippen LogP contribution in [-0.2, 0) is 11.0 Å². The summed E-state index contributed by atoms with van der Waals surface area (Å²) in [6.45, 7) is 6.81. The van der Waals surface area contributed by atoms with Gasteiger partial charge in [0.05, 0.1) is 11.3 Å². The van der Waals surface area contributed by atoms with E-state index in [1.807, 2.05) is 5.38 Å². The summed E-state index contributed by atoms with van der Waals surface area (Å²) in [6, 6.07) is 4.41. The van der Waals surface area contributed by atoms with E-state index < -0.39 is 11.7 Å². The minimum atomic E-state index is -4.31. The van der Waals surface area contributed by atoms with Gasteiger partial charge in [0.1, 0.15) is 0 Å². The van der Waals surface area contributed by atoms with Gasteiger partial charge >= 0.3 is 6.18 Å². The molecule has 180 valence electrons. The van der Waals surface area contributed by atoms with Gasteiger partial charge in [0.2, 0.25) is 5.91 Å². The zero-order valence-electron chi connectivity index (χ0n) is 19.0. The van der Waals surface area contributed by atoms with Gasteiger partial charge in [0, 0.05) is 60.1 Å². The summed E-state index contributed by atoms with van der Waals surface area (Å²) in [4.78, 5) is 17.3. The Morgan fingerprint density at radius 3 is 2.55 bits per heavy atom. The molecule has 1 amide bonds. The number of carbonyl (C=O) groups excluding carboxylic acids is 1. The Balaban J connectivity index is 1.10. The Morgan fingerprint density at radius 1 is 1.12 bits per heavy atom. The molecule has 3 aliphatic rings. The van der Waals surface area contributed by atoms with Gasteiger partial charge in [-0.2, -0.15) is 13.2 Å². The quantitative estimate of drug-likeness (QED) is 0.626. The van der Waals surface area contributed by atoms with Crippen LogP contribution in [0.4, 0.5) is 18.9 Å². The first kappa shape index (κ1) is 23.0. The molecule has 3 fully saturated rings. The molecular formula is C25H32F3N3OS. The van der Waals surface area contributed by atoms with Gasteiger partial charge < -0.3 is 10.2 Å². The third-order valence-corrected chi connectivity index (χ3v) is 8.64. The first-order valence-corrected chi connectivity index (χ1v) is 13.0. The summed E-state index contributed by atoms with van der Waals surface area (Å²) in [5.74, 6) is 1.67. The van der Waals surface area contributed by atoms with Gasteiger partial charge in [-0.05, 0) is 56.1 Å². The normalized spacial score (nSPS) is 28.8. The van der Waals surface area contributed by atoms with E-state index in [9.17, 15) is 18.0 Å². The molecule has 2 aromatic rings. The zero-order valence-corrected chi connectivity index (χ0v) is 19.9. The van der Waals surface area contributed by atoms with Crippen LogP contribution in [0.5, 0.6) is 0 Å². The van der Waals surface area contributed by atoms with Crippen LogP contribution >= 0.6 is 11.3 Å². The second-order valence-corrected chi connectivity index (χ2v) is 11.1. The van der Waals surface area contributed by atoms with Crippen molar-refractivity contribution >= 4 is 33.0 Å². The molecule has 1 aromatic carbocycles. The standard InChI is InChI=1S/C25H32F3N3OS/c1-16-2-5-19(6-3-16)29-24(32)21-12-17(21)14-30-8-10-31(11-9-30)22-15-33-23-13-18(25(26,27)28)4-7-20(22)23/h4,7,13,15-17,19,21H,2-3,5-6,8-12,14H2,1H3,(H,29,32)/t16?,17?,19?,21-/m0/s1. The van der Waals surface area contributed by atoms with Crippen molar-refractivity contribution in [2.45, 2.75) is 51.2 Å². The molecule has 0 bridgehead atoms. The van der Waals surface area contributed by atoms with Crippen molar-refractivity contribution in [2.24, 2.45) is 17.8 Å². The monoisotopic (exact) mass is 479 g/mol. The number of amides is 1. The summed E-state index contributed by atoms with van der Waals surface area (Å²) in [6.07, 6.45) is 1.34. The van der Waals surface area contributed by atoms with E-state index >= 15 is 0 Å². The fraction of sp³-hybridized carbons (Fsp3) is 0.640. The molecule has 1 saturated heterocycles. The lowest BCUT2D eigenvalue weighted by molar-refractivity contribution is -0.137.